The zero-order valence-electron chi connectivity index (χ0n) is 20.0. The van der Waals surface area contributed by atoms with Crippen molar-refractivity contribution in [2.24, 2.45) is 11.8 Å². The van der Waals surface area contributed by atoms with Crippen LogP contribution in [0.5, 0.6) is 0 Å². The summed E-state index contributed by atoms with van der Waals surface area (Å²) < 4.78 is 29.2. The molecule has 3 aliphatic rings. The highest BCUT2D eigenvalue weighted by Crippen LogP contribution is 2.40. The van der Waals surface area contributed by atoms with Gasteiger partial charge in [0, 0.05) is 46.8 Å². The first-order valence-corrected chi connectivity index (χ1v) is 14.4. The predicted molar refractivity (Wildman–Crippen MR) is 139 cm³/mol. The van der Waals surface area contributed by atoms with E-state index in [9.17, 15) is 18.0 Å². The fourth-order valence-corrected chi connectivity index (χ4v) is 6.87. The Balaban J connectivity index is 1.24. The van der Waals surface area contributed by atoms with Gasteiger partial charge in [0.2, 0.25) is 21.8 Å². The molecule has 2 aromatic carbocycles. The van der Waals surface area contributed by atoms with E-state index < -0.39 is 10.0 Å². The van der Waals surface area contributed by atoms with E-state index in [2.05, 4.69) is 21.2 Å². The number of nitrogens with one attached hydrogen (secondary N) is 1. The molecule has 2 aromatic rings. The van der Waals surface area contributed by atoms with Crippen LogP contribution < -0.4 is 10.2 Å². The van der Waals surface area contributed by atoms with Crippen molar-refractivity contribution in [3.8, 4) is 0 Å². The zero-order valence-corrected chi connectivity index (χ0v) is 22.4. The van der Waals surface area contributed by atoms with Crippen LogP contribution in [-0.4, -0.2) is 43.7 Å². The van der Waals surface area contributed by atoms with Crippen molar-refractivity contribution >= 4 is 49.1 Å². The molecular weight excluding hydrogens is 530 g/mol. The van der Waals surface area contributed by atoms with Gasteiger partial charge < -0.3 is 10.2 Å². The number of anilines is 2. The summed E-state index contributed by atoms with van der Waals surface area (Å²) in [6.07, 6.45) is 3.51. The predicted octanol–water partition coefficient (Wildman–Crippen LogP) is 4.48. The number of carbonyl (C=O) groups excluding carboxylic acids is 2. The third-order valence-electron chi connectivity index (χ3n) is 7.32. The van der Waals surface area contributed by atoms with E-state index in [4.69, 9.17) is 0 Å². The lowest BCUT2D eigenvalue weighted by Crippen LogP contribution is -2.41. The molecule has 35 heavy (non-hydrogen) atoms. The van der Waals surface area contributed by atoms with Gasteiger partial charge >= 0.3 is 0 Å². The highest BCUT2D eigenvalue weighted by Gasteiger charge is 2.40. The first-order chi connectivity index (χ1) is 16.6. The number of hydrogen-bond donors (Lipinski definition) is 1. The van der Waals surface area contributed by atoms with Crippen molar-refractivity contribution in [1.29, 1.82) is 0 Å². The van der Waals surface area contributed by atoms with Crippen LogP contribution in [0.1, 0.15) is 43.7 Å². The van der Waals surface area contributed by atoms with E-state index in [1.165, 1.54) is 4.31 Å². The van der Waals surface area contributed by atoms with Crippen LogP contribution in [0.4, 0.5) is 11.4 Å². The van der Waals surface area contributed by atoms with Gasteiger partial charge in [0.25, 0.3) is 0 Å². The van der Waals surface area contributed by atoms with Crippen LogP contribution in [0.2, 0.25) is 0 Å². The maximum absolute atomic E-state index is 13.4. The van der Waals surface area contributed by atoms with Gasteiger partial charge in [-0.3, -0.25) is 9.59 Å². The summed E-state index contributed by atoms with van der Waals surface area (Å²) in [5.41, 5.74) is 3.53. The van der Waals surface area contributed by atoms with Crippen LogP contribution in [0, 0.1) is 18.8 Å². The van der Waals surface area contributed by atoms with Crippen LogP contribution in [-0.2, 0) is 26.0 Å². The summed E-state index contributed by atoms with van der Waals surface area (Å²) in [5, 5.41) is 2.96. The van der Waals surface area contributed by atoms with E-state index in [1.54, 1.807) is 18.2 Å². The second-order valence-corrected chi connectivity index (χ2v) is 12.8. The largest absolute Gasteiger partial charge is 0.326 e. The molecule has 0 aromatic heterocycles. The monoisotopic (exact) mass is 559 g/mol. The number of amides is 2. The maximum atomic E-state index is 13.4. The van der Waals surface area contributed by atoms with Gasteiger partial charge in [-0.25, -0.2) is 8.42 Å². The topological polar surface area (TPSA) is 86.8 Å². The Bertz CT molecular complexity index is 1280. The van der Waals surface area contributed by atoms with Crippen molar-refractivity contribution in [2.45, 2.75) is 56.9 Å². The van der Waals surface area contributed by atoms with Crippen LogP contribution in [0.25, 0.3) is 0 Å². The van der Waals surface area contributed by atoms with Crippen LogP contribution in [0.15, 0.2) is 45.8 Å². The fourth-order valence-electron chi connectivity index (χ4n) is 5.10. The van der Waals surface area contributed by atoms with Gasteiger partial charge in [-0.05, 0) is 93.5 Å². The molecule has 1 N–H and O–H groups in total. The molecule has 9 heteroatoms. The summed E-state index contributed by atoms with van der Waals surface area (Å²) >= 11 is 3.46. The molecule has 1 aliphatic carbocycles. The Morgan fingerprint density at radius 1 is 1.00 bits per heavy atom. The number of carbonyl (C=O) groups is 2. The van der Waals surface area contributed by atoms with Gasteiger partial charge in [0.05, 0.1) is 4.90 Å². The highest BCUT2D eigenvalue weighted by atomic mass is 79.9. The van der Waals surface area contributed by atoms with Crippen LogP contribution in [0.3, 0.4) is 0 Å². The average Bonchev–Trinajstić information content (AvgIpc) is 3.63. The summed E-state index contributed by atoms with van der Waals surface area (Å²) in [4.78, 5) is 27.6. The first-order valence-electron chi connectivity index (χ1n) is 12.2. The lowest BCUT2D eigenvalue weighted by molar-refractivity contribution is -0.121. The van der Waals surface area contributed by atoms with Crippen molar-refractivity contribution < 1.29 is 18.0 Å². The molecule has 2 aliphatic heterocycles. The number of benzene rings is 2. The maximum Gasteiger partial charge on any atom is 0.243 e. The standard InChI is InChI=1S/C26H30BrN3O4S/c1-16-13-21(5-7-23(16)27)28-25(31)18-9-11-29(12-10-18)35(33,34)22-6-8-24-20(15-22)14-17(2)30(24)26(32)19-3-4-19/h5-8,13,15,17-19H,3-4,9-12,14H2,1-2H3,(H,28,31)/t17-/m1/s1. The minimum atomic E-state index is -3.67. The van der Waals surface area contributed by atoms with Gasteiger partial charge in [-0.1, -0.05) is 15.9 Å². The molecule has 2 heterocycles. The van der Waals surface area contributed by atoms with Crippen molar-refractivity contribution in [2.75, 3.05) is 23.3 Å². The number of piperidine rings is 1. The SMILES string of the molecule is Cc1cc(NC(=O)C2CCN(S(=O)(=O)c3ccc4c(c3)C[C@@H](C)N4C(=O)C3CC3)CC2)ccc1Br. The number of fused-ring (bicyclic) bond motifs is 1. The number of rotatable bonds is 5. The normalized spacial score (nSPS) is 21.1. The minimum absolute atomic E-state index is 0.0415. The number of nitrogens with zero attached hydrogens (tertiary/aromatic N) is 2. The van der Waals surface area contributed by atoms with Crippen molar-refractivity contribution in [1.82, 2.24) is 4.31 Å². The molecule has 1 saturated heterocycles. The average molecular weight is 561 g/mol. The smallest absolute Gasteiger partial charge is 0.243 e. The lowest BCUT2D eigenvalue weighted by Gasteiger charge is -2.30. The quantitative estimate of drug-likeness (QED) is 0.584. The van der Waals surface area contributed by atoms with E-state index in [0.29, 0.717) is 32.4 Å². The summed E-state index contributed by atoms with van der Waals surface area (Å²) in [6.45, 7) is 4.59. The van der Waals surface area contributed by atoms with Gasteiger partial charge in [-0.15, -0.1) is 0 Å². The molecule has 2 fully saturated rings. The van der Waals surface area contributed by atoms with Crippen molar-refractivity contribution in [3.05, 3.63) is 52.0 Å². The number of aryl methyl sites for hydroxylation is 1. The Kier molecular flexibility index (Phi) is 6.52. The number of halogens is 1. The Labute approximate surface area is 215 Å². The second kappa shape index (κ2) is 9.33. The molecule has 5 rings (SSSR count). The molecule has 2 amide bonds. The third-order valence-corrected chi connectivity index (χ3v) is 10.1. The fraction of sp³-hybridized carbons (Fsp3) is 0.462. The Morgan fingerprint density at radius 3 is 2.37 bits per heavy atom. The summed E-state index contributed by atoms with van der Waals surface area (Å²) in [5.74, 6) is -0.0208. The minimum Gasteiger partial charge on any atom is -0.326 e. The van der Waals surface area contributed by atoms with Crippen molar-refractivity contribution in [3.63, 3.8) is 0 Å². The molecule has 7 nitrogen and oxygen atoms in total. The first kappa shape index (κ1) is 24.5. The van der Waals surface area contributed by atoms with E-state index in [0.717, 1.165) is 39.8 Å². The van der Waals surface area contributed by atoms with E-state index in [-0.39, 0.29) is 34.6 Å². The van der Waals surface area contributed by atoms with E-state index in [1.807, 2.05) is 36.9 Å². The van der Waals surface area contributed by atoms with E-state index >= 15 is 0 Å². The molecule has 0 radical (unpaired) electrons. The summed E-state index contributed by atoms with van der Waals surface area (Å²) in [6, 6.07) is 10.8. The number of hydrogen-bond acceptors (Lipinski definition) is 4. The molecule has 1 saturated carbocycles. The Hall–Kier alpha value is -2.23. The van der Waals surface area contributed by atoms with Gasteiger partial charge in [-0.2, -0.15) is 4.31 Å². The molecule has 1 atom stereocenters. The summed E-state index contributed by atoms with van der Waals surface area (Å²) in [7, 11) is -3.67. The lowest BCUT2D eigenvalue weighted by atomic mass is 9.97. The molecule has 186 valence electrons. The highest BCUT2D eigenvalue weighted by molar-refractivity contribution is 9.10. The second-order valence-electron chi connectivity index (χ2n) is 9.96. The number of sulfonamides is 1. The Morgan fingerprint density at radius 2 is 1.71 bits per heavy atom. The van der Waals surface area contributed by atoms with Gasteiger partial charge in [0.15, 0.2) is 0 Å². The molecule has 0 unspecified atom stereocenters. The molecular formula is C26H30BrN3O4S. The molecule has 0 spiro atoms. The van der Waals surface area contributed by atoms with Crippen LogP contribution >= 0.6 is 15.9 Å². The molecule has 0 bridgehead atoms. The zero-order chi connectivity index (χ0) is 24.9. The third kappa shape index (κ3) is 4.78. The van der Waals surface area contributed by atoms with Gasteiger partial charge in [0.1, 0.15) is 0 Å².